The minimum Gasteiger partial charge on any atom is -0.351 e. The molecular weight excluding hydrogens is 240 g/mol. The van der Waals surface area contributed by atoms with Crippen molar-refractivity contribution in [2.24, 2.45) is 5.92 Å². The molecule has 0 spiro atoms. The molecule has 2 aromatic heterocycles. The van der Waals surface area contributed by atoms with Crippen LogP contribution in [0.3, 0.4) is 0 Å². The molecule has 0 aliphatic heterocycles. The molecule has 2 heterocycles. The molecule has 0 amide bonds. The molecule has 0 saturated heterocycles. The van der Waals surface area contributed by atoms with Gasteiger partial charge < -0.3 is 5.32 Å². The number of aromatic nitrogens is 5. The van der Waals surface area contributed by atoms with E-state index in [9.17, 15) is 0 Å². The van der Waals surface area contributed by atoms with Gasteiger partial charge in [0.1, 0.15) is 0 Å². The fourth-order valence-corrected chi connectivity index (χ4v) is 1.74. The van der Waals surface area contributed by atoms with E-state index in [4.69, 9.17) is 11.6 Å². The molecule has 1 aliphatic rings. The van der Waals surface area contributed by atoms with Gasteiger partial charge >= 0.3 is 0 Å². The van der Waals surface area contributed by atoms with Crippen molar-refractivity contribution in [3.8, 4) is 5.95 Å². The summed E-state index contributed by atoms with van der Waals surface area (Å²) < 4.78 is 1.55. The number of hydrogen-bond acceptors (Lipinski definition) is 5. The lowest BCUT2D eigenvalue weighted by atomic mass is 10.5. The molecule has 6 nitrogen and oxygen atoms in total. The van der Waals surface area contributed by atoms with Gasteiger partial charge in [-0.15, -0.1) is 0 Å². The van der Waals surface area contributed by atoms with Gasteiger partial charge in [-0.1, -0.05) is 6.92 Å². The van der Waals surface area contributed by atoms with Gasteiger partial charge in [0.05, 0.1) is 0 Å². The summed E-state index contributed by atoms with van der Waals surface area (Å²) in [6, 6.07) is 2.24. The minimum absolute atomic E-state index is 0.168. The Labute approximate surface area is 103 Å². The standard InChI is InChI=1S/C10H11ClN6/c1-6-5-7(6)13-9-14-8(11)15-10(16-9)17-4-2-3-12-17/h2-4,6-7H,5H2,1H3,(H,13,14,15,16). The number of rotatable bonds is 3. The minimum atomic E-state index is 0.168. The van der Waals surface area contributed by atoms with Gasteiger partial charge in [-0.2, -0.15) is 20.1 Å². The third-order valence-corrected chi connectivity index (χ3v) is 2.90. The Hall–Kier alpha value is -1.69. The van der Waals surface area contributed by atoms with E-state index in [1.165, 1.54) is 0 Å². The summed E-state index contributed by atoms with van der Waals surface area (Å²) in [5, 5.41) is 7.44. The molecule has 3 rings (SSSR count). The highest BCUT2D eigenvalue weighted by Gasteiger charge is 2.33. The SMILES string of the molecule is CC1CC1Nc1nc(Cl)nc(-n2cccn2)n1. The van der Waals surface area contributed by atoms with Crippen LogP contribution in [0.5, 0.6) is 0 Å². The van der Waals surface area contributed by atoms with Crippen LogP contribution in [0.4, 0.5) is 5.95 Å². The zero-order chi connectivity index (χ0) is 11.8. The molecule has 1 N–H and O–H groups in total. The number of nitrogens with one attached hydrogen (secondary N) is 1. The third kappa shape index (κ3) is 2.21. The maximum Gasteiger partial charge on any atom is 0.256 e. The Morgan fingerprint density at radius 3 is 2.88 bits per heavy atom. The number of nitrogens with zero attached hydrogens (tertiary/aromatic N) is 5. The lowest BCUT2D eigenvalue weighted by Gasteiger charge is -2.05. The molecule has 17 heavy (non-hydrogen) atoms. The predicted molar refractivity (Wildman–Crippen MR) is 63.2 cm³/mol. The van der Waals surface area contributed by atoms with E-state index in [0.29, 0.717) is 23.9 Å². The first-order valence-corrected chi connectivity index (χ1v) is 5.78. The highest BCUT2D eigenvalue weighted by atomic mass is 35.5. The van der Waals surface area contributed by atoms with Crippen molar-refractivity contribution in [1.29, 1.82) is 0 Å². The van der Waals surface area contributed by atoms with Crippen molar-refractivity contribution in [3.05, 3.63) is 23.7 Å². The average Bonchev–Trinajstić information content (AvgIpc) is 2.83. The van der Waals surface area contributed by atoms with E-state index < -0.39 is 0 Å². The van der Waals surface area contributed by atoms with Crippen LogP contribution in [-0.2, 0) is 0 Å². The molecule has 2 aromatic rings. The molecule has 1 fully saturated rings. The Kier molecular flexibility index (Phi) is 2.44. The Morgan fingerprint density at radius 2 is 2.24 bits per heavy atom. The maximum atomic E-state index is 5.86. The zero-order valence-electron chi connectivity index (χ0n) is 9.21. The van der Waals surface area contributed by atoms with Gasteiger partial charge in [-0.3, -0.25) is 0 Å². The Bertz CT molecular complexity index is 526. The Balaban J connectivity index is 1.89. The van der Waals surface area contributed by atoms with Crippen LogP contribution in [0.2, 0.25) is 5.28 Å². The van der Waals surface area contributed by atoms with Crippen LogP contribution in [0.15, 0.2) is 18.5 Å². The van der Waals surface area contributed by atoms with E-state index in [1.54, 1.807) is 23.1 Å². The number of halogens is 1. The monoisotopic (exact) mass is 250 g/mol. The van der Waals surface area contributed by atoms with E-state index in [1.807, 2.05) is 0 Å². The molecule has 88 valence electrons. The fourth-order valence-electron chi connectivity index (χ4n) is 1.58. The summed E-state index contributed by atoms with van der Waals surface area (Å²) >= 11 is 5.86. The molecule has 0 radical (unpaired) electrons. The first-order chi connectivity index (χ1) is 8.22. The summed E-state index contributed by atoms with van der Waals surface area (Å²) in [6.07, 6.45) is 4.56. The summed E-state index contributed by atoms with van der Waals surface area (Å²) in [6.45, 7) is 2.18. The number of anilines is 1. The molecule has 0 aromatic carbocycles. The summed E-state index contributed by atoms with van der Waals surface area (Å²) in [7, 11) is 0. The first kappa shape index (κ1) is 10.5. The van der Waals surface area contributed by atoms with Gasteiger partial charge in [-0.25, -0.2) is 4.68 Å². The van der Waals surface area contributed by atoms with Crippen molar-refractivity contribution >= 4 is 17.5 Å². The fraction of sp³-hybridized carbons (Fsp3) is 0.400. The zero-order valence-corrected chi connectivity index (χ0v) is 9.96. The first-order valence-electron chi connectivity index (χ1n) is 5.40. The second-order valence-corrected chi connectivity index (χ2v) is 4.48. The van der Waals surface area contributed by atoms with Crippen LogP contribution in [-0.4, -0.2) is 30.8 Å². The molecule has 0 bridgehead atoms. The largest absolute Gasteiger partial charge is 0.351 e. The topological polar surface area (TPSA) is 68.5 Å². The van der Waals surface area contributed by atoms with Crippen molar-refractivity contribution in [1.82, 2.24) is 24.7 Å². The molecule has 1 aliphatic carbocycles. The van der Waals surface area contributed by atoms with Gasteiger partial charge in [0.15, 0.2) is 0 Å². The van der Waals surface area contributed by atoms with E-state index in [0.717, 1.165) is 6.42 Å². The summed E-state index contributed by atoms with van der Waals surface area (Å²) in [4.78, 5) is 12.3. The molecule has 7 heteroatoms. The second-order valence-electron chi connectivity index (χ2n) is 4.14. The number of hydrogen-bond donors (Lipinski definition) is 1. The maximum absolute atomic E-state index is 5.86. The predicted octanol–water partition coefficient (Wildman–Crippen LogP) is 1.53. The van der Waals surface area contributed by atoms with Crippen molar-refractivity contribution in [3.63, 3.8) is 0 Å². The highest BCUT2D eigenvalue weighted by Crippen LogP contribution is 2.31. The van der Waals surface area contributed by atoms with E-state index in [2.05, 4.69) is 32.3 Å². The van der Waals surface area contributed by atoms with Gasteiger partial charge in [0, 0.05) is 18.4 Å². The summed E-state index contributed by atoms with van der Waals surface area (Å²) in [5.41, 5.74) is 0. The quantitative estimate of drug-likeness (QED) is 0.895. The second kappa shape index (κ2) is 3.96. The summed E-state index contributed by atoms with van der Waals surface area (Å²) in [5.74, 6) is 1.59. The van der Waals surface area contributed by atoms with Crippen molar-refractivity contribution in [2.75, 3.05) is 5.32 Å². The molecular formula is C10H11ClN6. The van der Waals surface area contributed by atoms with Crippen molar-refractivity contribution < 1.29 is 0 Å². The van der Waals surface area contributed by atoms with Gasteiger partial charge in [0.2, 0.25) is 11.2 Å². The highest BCUT2D eigenvalue weighted by molar-refractivity contribution is 6.28. The molecule has 2 atom stereocenters. The van der Waals surface area contributed by atoms with E-state index in [-0.39, 0.29) is 5.28 Å². The normalized spacial score (nSPS) is 22.5. The van der Waals surface area contributed by atoms with Crippen LogP contribution in [0, 0.1) is 5.92 Å². The van der Waals surface area contributed by atoms with Crippen LogP contribution >= 0.6 is 11.6 Å². The van der Waals surface area contributed by atoms with Crippen LogP contribution in [0.1, 0.15) is 13.3 Å². The molecule has 2 unspecified atom stereocenters. The lowest BCUT2D eigenvalue weighted by molar-refractivity contribution is 0.792. The van der Waals surface area contributed by atoms with Crippen molar-refractivity contribution in [2.45, 2.75) is 19.4 Å². The van der Waals surface area contributed by atoms with E-state index >= 15 is 0 Å². The average molecular weight is 251 g/mol. The third-order valence-electron chi connectivity index (χ3n) is 2.73. The van der Waals surface area contributed by atoms with Crippen LogP contribution in [0.25, 0.3) is 5.95 Å². The lowest BCUT2D eigenvalue weighted by Crippen LogP contribution is -2.11. The van der Waals surface area contributed by atoms with Gasteiger partial charge in [0.25, 0.3) is 5.95 Å². The Morgan fingerprint density at radius 1 is 1.41 bits per heavy atom. The smallest absolute Gasteiger partial charge is 0.256 e. The van der Waals surface area contributed by atoms with Gasteiger partial charge in [-0.05, 0) is 30.0 Å². The van der Waals surface area contributed by atoms with Crippen LogP contribution < -0.4 is 5.32 Å². The molecule has 1 saturated carbocycles.